The molecule has 0 aromatic heterocycles. The van der Waals surface area contributed by atoms with Crippen LogP contribution in [0.1, 0.15) is 27.2 Å². The second-order valence-electron chi connectivity index (χ2n) is 4.87. The molecule has 0 bridgehead atoms. The van der Waals surface area contributed by atoms with Crippen LogP contribution in [0.2, 0.25) is 0 Å². The summed E-state index contributed by atoms with van der Waals surface area (Å²) in [5.74, 6) is 0.454. The highest BCUT2D eigenvalue weighted by molar-refractivity contribution is 5.82. The first-order chi connectivity index (χ1) is 8.58. The second kappa shape index (κ2) is 7.36. The van der Waals surface area contributed by atoms with Crippen molar-refractivity contribution in [3.63, 3.8) is 0 Å². The van der Waals surface area contributed by atoms with E-state index in [1.54, 1.807) is 0 Å². The maximum absolute atomic E-state index is 11.8. The summed E-state index contributed by atoms with van der Waals surface area (Å²) in [6.07, 6.45) is 0.901. The maximum atomic E-state index is 11.8. The molecule has 1 fully saturated rings. The van der Waals surface area contributed by atoms with Gasteiger partial charge in [-0.15, -0.1) is 0 Å². The molecule has 2 amide bonds. The van der Waals surface area contributed by atoms with Crippen molar-refractivity contribution in [1.82, 2.24) is 15.1 Å². The Balaban J connectivity index is 2.31. The van der Waals surface area contributed by atoms with Crippen molar-refractivity contribution in [2.24, 2.45) is 5.92 Å². The Morgan fingerprint density at radius 2 is 1.78 bits per heavy atom. The molecule has 1 aliphatic heterocycles. The summed E-state index contributed by atoms with van der Waals surface area (Å²) in [4.78, 5) is 27.4. The molecule has 0 radical (unpaired) electrons. The molecule has 1 rings (SSSR count). The quantitative estimate of drug-likeness (QED) is 0.796. The zero-order chi connectivity index (χ0) is 13.5. The van der Waals surface area contributed by atoms with Crippen LogP contribution in [0.4, 0.5) is 4.79 Å². The standard InChI is InChI=1S/C13H25N3O2/c1-4-11(3)12(17)10-15-6-8-16(9-7-15)13(18)14-5-2/h11H,4-10H2,1-3H3,(H,14,18). The van der Waals surface area contributed by atoms with Gasteiger partial charge >= 0.3 is 6.03 Å². The van der Waals surface area contributed by atoms with Crippen molar-refractivity contribution in [1.29, 1.82) is 0 Å². The first kappa shape index (κ1) is 15.0. The fraction of sp³-hybridized carbons (Fsp3) is 0.846. The monoisotopic (exact) mass is 255 g/mol. The third-order valence-corrected chi connectivity index (χ3v) is 3.53. The van der Waals surface area contributed by atoms with Crippen LogP contribution < -0.4 is 5.32 Å². The van der Waals surface area contributed by atoms with E-state index in [0.717, 1.165) is 19.5 Å². The van der Waals surface area contributed by atoms with Gasteiger partial charge < -0.3 is 10.2 Å². The third-order valence-electron chi connectivity index (χ3n) is 3.53. The van der Waals surface area contributed by atoms with Gasteiger partial charge in [0.2, 0.25) is 0 Å². The highest BCUT2D eigenvalue weighted by Crippen LogP contribution is 2.07. The van der Waals surface area contributed by atoms with Crippen LogP contribution in [0, 0.1) is 5.92 Å². The number of amides is 2. The Morgan fingerprint density at radius 1 is 1.17 bits per heavy atom. The van der Waals surface area contributed by atoms with Crippen molar-refractivity contribution >= 4 is 11.8 Å². The summed E-state index contributed by atoms with van der Waals surface area (Å²) >= 11 is 0. The van der Waals surface area contributed by atoms with E-state index in [0.29, 0.717) is 32.0 Å². The zero-order valence-electron chi connectivity index (χ0n) is 11.7. The molecule has 0 spiro atoms. The number of Topliss-reactive ketones (excluding diaryl/α,β-unsaturated/α-hetero) is 1. The number of piperazine rings is 1. The molecule has 1 unspecified atom stereocenters. The van der Waals surface area contributed by atoms with E-state index >= 15 is 0 Å². The van der Waals surface area contributed by atoms with Gasteiger partial charge in [0, 0.05) is 38.6 Å². The Bertz CT molecular complexity index is 286. The number of carbonyl (C=O) groups is 2. The Kier molecular flexibility index (Phi) is 6.12. The minimum atomic E-state index is 0.00500. The van der Waals surface area contributed by atoms with Crippen molar-refractivity contribution in [3.05, 3.63) is 0 Å². The van der Waals surface area contributed by atoms with Crippen LogP contribution in [0.25, 0.3) is 0 Å². The Hall–Kier alpha value is -1.10. The van der Waals surface area contributed by atoms with E-state index in [1.165, 1.54) is 0 Å². The molecule has 0 saturated carbocycles. The van der Waals surface area contributed by atoms with Gasteiger partial charge in [0.15, 0.2) is 0 Å². The lowest BCUT2D eigenvalue weighted by Crippen LogP contribution is -2.52. The molecule has 1 heterocycles. The fourth-order valence-electron chi connectivity index (χ4n) is 1.98. The molecule has 1 saturated heterocycles. The number of nitrogens with zero attached hydrogens (tertiary/aromatic N) is 2. The van der Waals surface area contributed by atoms with Gasteiger partial charge in [0.1, 0.15) is 5.78 Å². The lowest BCUT2D eigenvalue weighted by atomic mass is 10.0. The topological polar surface area (TPSA) is 52.7 Å². The van der Waals surface area contributed by atoms with Gasteiger partial charge in [-0.3, -0.25) is 9.69 Å². The molecule has 5 nitrogen and oxygen atoms in total. The van der Waals surface area contributed by atoms with E-state index < -0.39 is 0 Å². The minimum Gasteiger partial charge on any atom is -0.338 e. The van der Waals surface area contributed by atoms with Crippen molar-refractivity contribution < 1.29 is 9.59 Å². The Labute approximate surface area is 110 Å². The zero-order valence-corrected chi connectivity index (χ0v) is 11.7. The average molecular weight is 255 g/mol. The van der Waals surface area contributed by atoms with E-state index in [1.807, 2.05) is 25.7 Å². The predicted molar refractivity (Wildman–Crippen MR) is 71.5 cm³/mol. The molecule has 1 N–H and O–H groups in total. The summed E-state index contributed by atoms with van der Waals surface area (Å²) in [6.45, 7) is 10.1. The molecule has 1 atom stereocenters. The molecular formula is C13H25N3O2. The number of nitrogens with one attached hydrogen (secondary N) is 1. The van der Waals surface area contributed by atoms with Gasteiger partial charge in [-0.1, -0.05) is 13.8 Å². The maximum Gasteiger partial charge on any atom is 0.317 e. The first-order valence-electron chi connectivity index (χ1n) is 6.86. The largest absolute Gasteiger partial charge is 0.338 e. The van der Waals surface area contributed by atoms with Crippen molar-refractivity contribution in [2.75, 3.05) is 39.3 Å². The van der Waals surface area contributed by atoms with E-state index in [-0.39, 0.29) is 11.9 Å². The average Bonchev–Trinajstić information content (AvgIpc) is 2.38. The van der Waals surface area contributed by atoms with Crippen LogP contribution in [-0.4, -0.2) is 60.9 Å². The summed E-state index contributed by atoms with van der Waals surface area (Å²) in [5.41, 5.74) is 0. The molecule has 0 aromatic rings. The molecule has 0 aromatic carbocycles. The molecule has 104 valence electrons. The van der Waals surface area contributed by atoms with Crippen molar-refractivity contribution in [2.45, 2.75) is 27.2 Å². The predicted octanol–water partition coefficient (Wildman–Crippen LogP) is 0.949. The second-order valence-corrected chi connectivity index (χ2v) is 4.87. The van der Waals surface area contributed by atoms with Crippen LogP contribution in [0.5, 0.6) is 0 Å². The van der Waals surface area contributed by atoms with E-state index in [9.17, 15) is 9.59 Å². The van der Waals surface area contributed by atoms with Gasteiger partial charge in [0.05, 0.1) is 6.54 Å². The SMILES string of the molecule is CCNC(=O)N1CCN(CC(=O)C(C)CC)CC1. The number of urea groups is 1. The van der Waals surface area contributed by atoms with E-state index in [2.05, 4.69) is 10.2 Å². The molecule has 18 heavy (non-hydrogen) atoms. The number of ketones is 1. The van der Waals surface area contributed by atoms with Crippen LogP contribution in [0.3, 0.4) is 0 Å². The summed E-state index contributed by atoms with van der Waals surface area (Å²) in [5, 5.41) is 2.80. The molecule has 5 heteroatoms. The van der Waals surface area contributed by atoms with Gasteiger partial charge in [-0.2, -0.15) is 0 Å². The summed E-state index contributed by atoms with van der Waals surface area (Å²) in [6, 6.07) is 0.00500. The van der Waals surface area contributed by atoms with Crippen molar-refractivity contribution in [3.8, 4) is 0 Å². The lowest BCUT2D eigenvalue weighted by Gasteiger charge is -2.34. The fourth-order valence-corrected chi connectivity index (χ4v) is 1.98. The summed E-state index contributed by atoms with van der Waals surface area (Å²) < 4.78 is 0. The molecule has 1 aliphatic rings. The minimum absolute atomic E-state index is 0.00500. The van der Waals surface area contributed by atoms with Crippen LogP contribution >= 0.6 is 0 Å². The first-order valence-corrected chi connectivity index (χ1v) is 6.86. The number of carbonyl (C=O) groups excluding carboxylic acids is 2. The number of hydrogen-bond donors (Lipinski definition) is 1. The Morgan fingerprint density at radius 3 is 2.28 bits per heavy atom. The van der Waals surface area contributed by atoms with Gasteiger partial charge in [-0.25, -0.2) is 4.79 Å². The molecular weight excluding hydrogens is 230 g/mol. The number of hydrogen-bond acceptors (Lipinski definition) is 3. The van der Waals surface area contributed by atoms with Crippen LogP contribution in [0.15, 0.2) is 0 Å². The summed E-state index contributed by atoms with van der Waals surface area (Å²) in [7, 11) is 0. The third kappa shape index (κ3) is 4.29. The highest BCUT2D eigenvalue weighted by atomic mass is 16.2. The van der Waals surface area contributed by atoms with Gasteiger partial charge in [-0.05, 0) is 13.3 Å². The van der Waals surface area contributed by atoms with Crippen LogP contribution in [-0.2, 0) is 4.79 Å². The smallest absolute Gasteiger partial charge is 0.317 e. The normalized spacial score (nSPS) is 18.5. The lowest BCUT2D eigenvalue weighted by molar-refractivity contribution is -0.123. The number of rotatable bonds is 5. The van der Waals surface area contributed by atoms with E-state index in [4.69, 9.17) is 0 Å². The highest BCUT2D eigenvalue weighted by Gasteiger charge is 2.23. The molecule has 0 aliphatic carbocycles. The van der Waals surface area contributed by atoms with Gasteiger partial charge in [0.25, 0.3) is 0 Å².